The van der Waals surface area contributed by atoms with E-state index in [1.807, 2.05) is 13.8 Å². The normalized spacial score (nSPS) is 15.2. The van der Waals surface area contributed by atoms with Crippen molar-refractivity contribution < 1.29 is 30.0 Å². The Bertz CT molecular complexity index is 344. The highest BCUT2D eigenvalue weighted by molar-refractivity contribution is 5.67. The average molecular weight is 344 g/mol. The Morgan fingerprint density at radius 2 is 1.12 bits per heavy atom. The van der Waals surface area contributed by atoms with Crippen LogP contribution in [0.5, 0.6) is 0 Å². The maximum atomic E-state index is 10.2. The summed E-state index contributed by atoms with van der Waals surface area (Å²) in [5, 5.41) is 35.6. The van der Waals surface area contributed by atoms with Gasteiger partial charge in [0.1, 0.15) is 0 Å². The Balaban J connectivity index is 0. The minimum Gasteiger partial charge on any atom is -0.481 e. The molecular formula is C18H32O6. The molecule has 4 N–H and O–H groups in total. The number of carboxylic acids is 2. The van der Waals surface area contributed by atoms with Crippen LogP contribution in [0.25, 0.3) is 0 Å². The van der Waals surface area contributed by atoms with Crippen molar-refractivity contribution in [1.29, 1.82) is 0 Å². The van der Waals surface area contributed by atoms with Gasteiger partial charge in [0, 0.05) is 0 Å². The van der Waals surface area contributed by atoms with Crippen LogP contribution in [0, 0.1) is 11.8 Å². The number of aliphatic carboxylic acids is 2. The Hall–Kier alpha value is -1.66. The molecule has 6 nitrogen and oxygen atoms in total. The number of aliphatic hydroxyl groups excluding tert-OH is 2. The van der Waals surface area contributed by atoms with Crippen molar-refractivity contribution in [3.8, 4) is 0 Å². The summed E-state index contributed by atoms with van der Waals surface area (Å²) in [4.78, 5) is 20.5. The zero-order valence-electron chi connectivity index (χ0n) is 14.7. The van der Waals surface area contributed by atoms with Gasteiger partial charge in [-0.15, -0.1) is 13.2 Å². The second-order valence-electron chi connectivity index (χ2n) is 5.72. The quantitative estimate of drug-likeness (QED) is 0.405. The van der Waals surface area contributed by atoms with Crippen LogP contribution in [-0.2, 0) is 9.59 Å². The van der Waals surface area contributed by atoms with Gasteiger partial charge in [0.05, 0.1) is 25.0 Å². The minimum atomic E-state index is -0.954. The molecule has 6 heteroatoms. The molecule has 0 aliphatic carbocycles. The van der Waals surface area contributed by atoms with Gasteiger partial charge in [0.25, 0.3) is 0 Å². The van der Waals surface area contributed by atoms with E-state index in [1.54, 1.807) is 12.2 Å². The fourth-order valence-corrected chi connectivity index (χ4v) is 2.31. The van der Waals surface area contributed by atoms with E-state index in [0.29, 0.717) is 12.8 Å². The summed E-state index contributed by atoms with van der Waals surface area (Å²) in [7, 11) is 0. The van der Waals surface area contributed by atoms with E-state index >= 15 is 0 Å². The van der Waals surface area contributed by atoms with E-state index in [0.717, 1.165) is 12.8 Å². The lowest BCUT2D eigenvalue weighted by Gasteiger charge is -2.17. The van der Waals surface area contributed by atoms with Crippen molar-refractivity contribution in [2.24, 2.45) is 11.8 Å². The topological polar surface area (TPSA) is 115 Å². The monoisotopic (exact) mass is 344 g/mol. The molecule has 0 radical (unpaired) electrons. The summed E-state index contributed by atoms with van der Waals surface area (Å²) in [6.45, 7) is 11.0. The molecule has 24 heavy (non-hydrogen) atoms. The minimum absolute atomic E-state index is 0.0265. The molecule has 0 spiro atoms. The molecule has 0 aromatic rings. The Labute approximate surface area is 144 Å². The highest BCUT2D eigenvalue weighted by atomic mass is 16.4. The third-order valence-electron chi connectivity index (χ3n) is 3.84. The van der Waals surface area contributed by atoms with E-state index < -0.39 is 24.1 Å². The van der Waals surface area contributed by atoms with Crippen LogP contribution in [0.1, 0.15) is 52.4 Å². The highest BCUT2D eigenvalue weighted by Gasteiger charge is 2.19. The largest absolute Gasteiger partial charge is 0.481 e. The second kappa shape index (κ2) is 14.9. The maximum Gasteiger partial charge on any atom is 0.305 e. The summed E-state index contributed by atoms with van der Waals surface area (Å²) < 4.78 is 0. The zero-order chi connectivity index (χ0) is 19.1. The smallest absolute Gasteiger partial charge is 0.305 e. The first-order valence-electron chi connectivity index (χ1n) is 8.24. The number of carboxylic acid groups (broad SMARTS) is 2. The predicted molar refractivity (Wildman–Crippen MR) is 93.7 cm³/mol. The number of carbonyl (C=O) groups is 2. The van der Waals surface area contributed by atoms with Gasteiger partial charge in [0.2, 0.25) is 0 Å². The summed E-state index contributed by atoms with van der Waals surface area (Å²) in [5.74, 6) is -1.85. The van der Waals surface area contributed by atoms with Crippen molar-refractivity contribution in [2.75, 3.05) is 0 Å². The molecule has 0 aromatic carbocycles. The first kappa shape index (κ1) is 24.6. The summed E-state index contributed by atoms with van der Waals surface area (Å²) in [5.41, 5.74) is 0. The van der Waals surface area contributed by atoms with Gasteiger partial charge < -0.3 is 20.4 Å². The number of rotatable bonds is 12. The van der Waals surface area contributed by atoms with Gasteiger partial charge in [0.15, 0.2) is 0 Å². The van der Waals surface area contributed by atoms with E-state index in [-0.39, 0.29) is 24.7 Å². The number of hydrogen-bond acceptors (Lipinski definition) is 4. The van der Waals surface area contributed by atoms with E-state index in [1.165, 1.54) is 0 Å². The average Bonchev–Trinajstić information content (AvgIpc) is 2.49. The Morgan fingerprint density at radius 3 is 1.29 bits per heavy atom. The number of aliphatic hydroxyl groups is 2. The Morgan fingerprint density at radius 1 is 0.833 bits per heavy atom. The zero-order valence-corrected chi connectivity index (χ0v) is 14.7. The molecular weight excluding hydrogens is 312 g/mol. The molecule has 0 bridgehead atoms. The highest BCUT2D eigenvalue weighted by Crippen LogP contribution is 2.17. The first-order chi connectivity index (χ1) is 11.2. The standard InChI is InChI=1S/2C9H16O3/c2*1-3-5-7(4-2)8(10)6-9(11)12/h2*3,7-8,10H,1,4-6H2,2H3,(H,11,12). The molecule has 0 amide bonds. The fourth-order valence-electron chi connectivity index (χ4n) is 2.31. The van der Waals surface area contributed by atoms with Crippen LogP contribution in [-0.4, -0.2) is 44.6 Å². The van der Waals surface area contributed by atoms with Crippen molar-refractivity contribution in [2.45, 2.75) is 64.6 Å². The fraction of sp³-hybridized carbons (Fsp3) is 0.667. The summed E-state index contributed by atoms with van der Waals surface area (Å²) in [6, 6.07) is 0. The van der Waals surface area contributed by atoms with Crippen molar-refractivity contribution in [3.63, 3.8) is 0 Å². The summed E-state index contributed by atoms with van der Waals surface area (Å²) in [6.07, 6.45) is 4.48. The molecule has 0 fully saturated rings. The van der Waals surface area contributed by atoms with E-state index in [2.05, 4.69) is 13.2 Å². The van der Waals surface area contributed by atoms with Crippen molar-refractivity contribution in [1.82, 2.24) is 0 Å². The van der Waals surface area contributed by atoms with Crippen LogP contribution in [0.3, 0.4) is 0 Å². The Kier molecular flexibility index (Phi) is 15.3. The van der Waals surface area contributed by atoms with Crippen LogP contribution < -0.4 is 0 Å². The number of allylic oxidation sites excluding steroid dienone is 2. The lowest BCUT2D eigenvalue weighted by molar-refractivity contribution is -0.141. The molecule has 0 aliphatic heterocycles. The van der Waals surface area contributed by atoms with E-state index in [9.17, 15) is 19.8 Å². The third-order valence-corrected chi connectivity index (χ3v) is 3.84. The molecule has 0 aliphatic rings. The molecule has 0 aromatic heterocycles. The molecule has 0 heterocycles. The molecule has 4 unspecified atom stereocenters. The van der Waals surface area contributed by atoms with E-state index in [4.69, 9.17) is 10.2 Å². The van der Waals surface area contributed by atoms with Crippen LogP contribution in [0.2, 0.25) is 0 Å². The molecule has 140 valence electrons. The second-order valence-corrected chi connectivity index (χ2v) is 5.72. The SMILES string of the molecule is C=CCC(CC)C(O)CC(=O)O.C=CCC(CC)C(O)CC(=O)O. The van der Waals surface area contributed by atoms with Gasteiger partial charge in [-0.25, -0.2) is 0 Å². The van der Waals surface area contributed by atoms with Gasteiger partial charge in [-0.3, -0.25) is 9.59 Å². The lowest BCUT2D eigenvalue weighted by atomic mass is 9.94. The molecule has 0 saturated carbocycles. The molecule has 0 rings (SSSR count). The van der Waals surface area contributed by atoms with Crippen molar-refractivity contribution in [3.05, 3.63) is 25.3 Å². The van der Waals surface area contributed by atoms with Gasteiger partial charge in [-0.1, -0.05) is 38.8 Å². The summed E-state index contributed by atoms with van der Waals surface area (Å²) >= 11 is 0. The first-order valence-corrected chi connectivity index (χ1v) is 8.24. The lowest BCUT2D eigenvalue weighted by Crippen LogP contribution is -2.22. The van der Waals surface area contributed by atoms with Crippen LogP contribution in [0.15, 0.2) is 25.3 Å². The maximum absolute atomic E-state index is 10.2. The van der Waals surface area contributed by atoms with Crippen LogP contribution >= 0.6 is 0 Å². The molecule has 4 atom stereocenters. The van der Waals surface area contributed by atoms with Crippen LogP contribution in [0.4, 0.5) is 0 Å². The van der Waals surface area contributed by atoms with Gasteiger partial charge >= 0.3 is 11.9 Å². The van der Waals surface area contributed by atoms with Crippen molar-refractivity contribution >= 4 is 11.9 Å². The third kappa shape index (κ3) is 12.8. The number of hydrogen-bond donors (Lipinski definition) is 4. The van der Waals surface area contributed by atoms with Gasteiger partial charge in [-0.2, -0.15) is 0 Å². The predicted octanol–water partition coefficient (Wildman–Crippen LogP) is 2.85. The molecule has 0 saturated heterocycles. The van der Waals surface area contributed by atoms with Gasteiger partial charge in [-0.05, 0) is 24.7 Å².